The summed E-state index contributed by atoms with van der Waals surface area (Å²) in [7, 11) is -6.10. The molecule has 3 aromatic rings. The molecule has 8 heteroatoms. The fourth-order valence-electron chi connectivity index (χ4n) is 1.95. The molecule has 134 valence electrons. The molecule has 0 aliphatic heterocycles. The van der Waals surface area contributed by atoms with E-state index in [2.05, 4.69) is 0 Å². The zero-order chi connectivity index (χ0) is 18.4. The summed E-state index contributed by atoms with van der Waals surface area (Å²) in [5.41, 5.74) is 0. The fraction of sp³-hybridized carbons (Fsp3) is 0. The van der Waals surface area contributed by atoms with E-state index in [1.54, 1.807) is 24.3 Å². The Morgan fingerprint density at radius 2 is 1.00 bits per heavy atom. The van der Waals surface area contributed by atoms with Crippen LogP contribution in [0.25, 0.3) is 0 Å². The summed E-state index contributed by atoms with van der Waals surface area (Å²) in [6, 6.07) is 23.4. The summed E-state index contributed by atoms with van der Waals surface area (Å²) in [4.78, 5) is -0.220. The number of benzene rings is 3. The van der Waals surface area contributed by atoms with E-state index < -0.39 is 18.7 Å². The highest BCUT2D eigenvalue weighted by molar-refractivity contribution is 7.85. The summed E-state index contributed by atoms with van der Waals surface area (Å²) in [6.45, 7) is 0. The van der Waals surface area contributed by atoms with E-state index in [-0.39, 0.29) is 4.90 Å². The van der Waals surface area contributed by atoms with Crippen molar-refractivity contribution in [2.75, 3.05) is 0 Å². The Labute approximate surface area is 152 Å². The van der Waals surface area contributed by atoms with Crippen LogP contribution < -0.4 is 13.6 Å². The molecule has 0 amide bonds. The molecular formula is C18H15O6PS. The molecule has 0 aliphatic rings. The molecule has 0 spiro atoms. The average molecular weight is 390 g/mol. The monoisotopic (exact) mass is 390 g/mol. The highest BCUT2D eigenvalue weighted by atomic mass is 32.2. The molecule has 26 heavy (non-hydrogen) atoms. The number of para-hydroxylation sites is 2. The van der Waals surface area contributed by atoms with Gasteiger partial charge in [-0.25, -0.2) is 0 Å². The van der Waals surface area contributed by atoms with Crippen LogP contribution in [0.5, 0.6) is 17.2 Å². The molecule has 0 bridgehead atoms. The second kappa shape index (κ2) is 8.19. The van der Waals surface area contributed by atoms with Crippen molar-refractivity contribution in [1.82, 2.24) is 0 Å². The van der Waals surface area contributed by atoms with Gasteiger partial charge in [-0.2, -0.15) is 8.42 Å². The number of hydrogen-bond acceptors (Lipinski definition) is 5. The normalized spacial score (nSPS) is 11.2. The van der Waals surface area contributed by atoms with E-state index in [1.807, 2.05) is 36.4 Å². The molecule has 0 aromatic heterocycles. The van der Waals surface area contributed by atoms with Crippen LogP contribution in [0.3, 0.4) is 0 Å². The first-order chi connectivity index (χ1) is 12.5. The summed E-state index contributed by atoms with van der Waals surface area (Å²) in [5.74, 6) is 1.49. The molecular weight excluding hydrogens is 375 g/mol. The van der Waals surface area contributed by atoms with Crippen LogP contribution in [-0.2, 0) is 10.1 Å². The van der Waals surface area contributed by atoms with Crippen LogP contribution in [0.2, 0.25) is 0 Å². The summed E-state index contributed by atoms with van der Waals surface area (Å²) in [6.07, 6.45) is 0. The first-order valence-corrected chi connectivity index (χ1v) is 10.1. The third-order valence-corrected chi connectivity index (χ3v) is 5.10. The van der Waals surface area contributed by atoms with Crippen LogP contribution in [0.4, 0.5) is 0 Å². The Hall–Kier alpha value is -2.60. The second-order valence-electron chi connectivity index (χ2n) is 5.07. The topological polar surface area (TPSA) is 82.1 Å². The number of rotatable bonds is 7. The van der Waals surface area contributed by atoms with E-state index in [0.29, 0.717) is 17.2 Å². The maximum Gasteiger partial charge on any atom is 0.530 e. The Bertz CT molecular complexity index is 889. The fourth-order valence-corrected chi connectivity index (χ4v) is 3.42. The van der Waals surface area contributed by atoms with E-state index in [1.165, 1.54) is 24.3 Å². The molecule has 3 aromatic carbocycles. The first kappa shape index (κ1) is 18.2. The largest absolute Gasteiger partial charge is 0.530 e. The van der Waals surface area contributed by atoms with Crippen molar-refractivity contribution < 1.29 is 26.5 Å². The van der Waals surface area contributed by atoms with E-state index >= 15 is 0 Å². The minimum absolute atomic E-state index is 0.220. The molecule has 0 heterocycles. The van der Waals surface area contributed by atoms with Crippen LogP contribution in [-0.4, -0.2) is 13.0 Å². The zero-order valence-electron chi connectivity index (χ0n) is 13.4. The SMILES string of the molecule is O=S(=O)(O)c1ccc(OP(Oc2ccccc2)Oc2ccccc2)cc1. The third-order valence-electron chi connectivity index (χ3n) is 3.15. The Balaban J connectivity index is 1.78. The molecule has 0 fully saturated rings. The molecule has 0 saturated heterocycles. The van der Waals surface area contributed by atoms with Gasteiger partial charge in [-0.1, -0.05) is 36.4 Å². The van der Waals surface area contributed by atoms with Crippen LogP contribution in [0, 0.1) is 0 Å². The van der Waals surface area contributed by atoms with Crippen LogP contribution >= 0.6 is 8.60 Å². The van der Waals surface area contributed by atoms with Gasteiger partial charge in [0.25, 0.3) is 10.1 Å². The molecule has 0 atom stereocenters. The van der Waals surface area contributed by atoms with Crippen molar-refractivity contribution in [2.45, 2.75) is 4.90 Å². The summed E-state index contributed by atoms with van der Waals surface area (Å²) < 4.78 is 48.6. The van der Waals surface area contributed by atoms with Gasteiger partial charge >= 0.3 is 8.60 Å². The molecule has 0 aliphatic carbocycles. The maximum absolute atomic E-state index is 11.1. The lowest BCUT2D eigenvalue weighted by Gasteiger charge is -2.18. The van der Waals surface area contributed by atoms with Gasteiger partial charge in [0.1, 0.15) is 17.2 Å². The lowest BCUT2D eigenvalue weighted by molar-refractivity contribution is 0.388. The van der Waals surface area contributed by atoms with Gasteiger partial charge in [0.05, 0.1) is 4.90 Å². The van der Waals surface area contributed by atoms with Crippen molar-refractivity contribution >= 4 is 18.7 Å². The van der Waals surface area contributed by atoms with Gasteiger partial charge in [0.2, 0.25) is 0 Å². The van der Waals surface area contributed by atoms with Crippen molar-refractivity contribution in [1.29, 1.82) is 0 Å². The van der Waals surface area contributed by atoms with Gasteiger partial charge in [-0.05, 0) is 48.5 Å². The zero-order valence-corrected chi connectivity index (χ0v) is 15.1. The van der Waals surface area contributed by atoms with Crippen molar-refractivity contribution in [3.63, 3.8) is 0 Å². The highest BCUT2D eigenvalue weighted by Gasteiger charge is 2.20. The molecule has 3 rings (SSSR count). The molecule has 0 saturated carbocycles. The first-order valence-electron chi connectivity index (χ1n) is 7.52. The van der Waals surface area contributed by atoms with Gasteiger partial charge in [0.15, 0.2) is 0 Å². The Morgan fingerprint density at radius 1 is 0.615 bits per heavy atom. The Morgan fingerprint density at radius 3 is 1.38 bits per heavy atom. The molecule has 0 unspecified atom stereocenters. The smallest absolute Gasteiger partial charge is 0.409 e. The van der Waals surface area contributed by atoms with Crippen molar-refractivity contribution in [3.8, 4) is 17.2 Å². The van der Waals surface area contributed by atoms with Gasteiger partial charge in [-0.3, -0.25) is 4.55 Å². The van der Waals surface area contributed by atoms with Crippen LogP contribution in [0.15, 0.2) is 89.8 Å². The summed E-state index contributed by atoms with van der Waals surface area (Å²) in [5, 5.41) is 0. The third kappa shape index (κ3) is 5.20. The maximum atomic E-state index is 11.1. The van der Waals surface area contributed by atoms with E-state index in [9.17, 15) is 8.42 Å². The van der Waals surface area contributed by atoms with Gasteiger partial charge in [-0.15, -0.1) is 0 Å². The van der Waals surface area contributed by atoms with Gasteiger partial charge in [0, 0.05) is 0 Å². The van der Waals surface area contributed by atoms with E-state index in [0.717, 1.165) is 0 Å². The van der Waals surface area contributed by atoms with Crippen molar-refractivity contribution in [2.24, 2.45) is 0 Å². The van der Waals surface area contributed by atoms with Gasteiger partial charge < -0.3 is 13.6 Å². The van der Waals surface area contributed by atoms with E-state index in [4.69, 9.17) is 18.1 Å². The lowest BCUT2D eigenvalue weighted by atomic mass is 10.3. The molecule has 0 radical (unpaired) electrons. The predicted molar refractivity (Wildman–Crippen MR) is 97.9 cm³/mol. The molecule has 1 N–H and O–H groups in total. The summed E-state index contributed by atoms with van der Waals surface area (Å²) >= 11 is 0. The minimum Gasteiger partial charge on any atom is -0.409 e. The second-order valence-corrected chi connectivity index (χ2v) is 7.49. The highest BCUT2D eigenvalue weighted by Crippen LogP contribution is 2.42. The average Bonchev–Trinajstić information content (AvgIpc) is 2.63. The minimum atomic E-state index is -4.26. The van der Waals surface area contributed by atoms with Crippen molar-refractivity contribution in [3.05, 3.63) is 84.9 Å². The lowest BCUT2D eigenvalue weighted by Crippen LogP contribution is -2.03. The molecule has 6 nitrogen and oxygen atoms in total. The quantitative estimate of drug-likeness (QED) is 0.465. The standard InChI is InChI=1S/C18H15O6PS/c19-26(20,21)18-13-11-17(12-14-18)24-25(22-15-7-3-1-4-8-15)23-16-9-5-2-6-10-16/h1-14H,(H,19,20,21). The van der Waals surface area contributed by atoms with Crippen LogP contribution in [0.1, 0.15) is 0 Å². The number of hydrogen-bond donors (Lipinski definition) is 1. The predicted octanol–water partition coefficient (Wildman–Crippen LogP) is 4.70. The Kier molecular flexibility index (Phi) is 5.73.